The van der Waals surface area contributed by atoms with Crippen molar-refractivity contribution in [1.82, 2.24) is 0 Å². The van der Waals surface area contributed by atoms with E-state index in [1.54, 1.807) is 0 Å². The van der Waals surface area contributed by atoms with E-state index in [1.807, 2.05) is 47.6 Å². The van der Waals surface area contributed by atoms with Gasteiger partial charge in [0.25, 0.3) is 0 Å². The fourth-order valence-electron chi connectivity index (χ4n) is 1.93. The third kappa shape index (κ3) is 18.9. The lowest BCUT2D eigenvalue weighted by atomic mass is 9.92. The molecule has 0 aliphatic carbocycles. The van der Waals surface area contributed by atoms with Crippen LogP contribution < -0.4 is 0 Å². The van der Waals surface area contributed by atoms with Crippen LogP contribution in [0.5, 0.6) is 0 Å². The molecule has 0 nitrogen and oxygen atoms in total. The van der Waals surface area contributed by atoms with Gasteiger partial charge >= 0.3 is 0 Å². The molecule has 0 heterocycles. The maximum atomic E-state index is 3.95. The van der Waals surface area contributed by atoms with Crippen LogP contribution in [0.15, 0.2) is 60.3 Å². The van der Waals surface area contributed by atoms with Gasteiger partial charge in [0, 0.05) is 0 Å². The van der Waals surface area contributed by atoms with Crippen LogP contribution in [0.1, 0.15) is 89.0 Å². The minimum atomic E-state index is 0.676. The zero-order valence-corrected chi connectivity index (χ0v) is 19.4. The highest BCUT2D eigenvalue weighted by atomic mass is 14.1. The Hall–Kier alpha value is -1.30. The zero-order chi connectivity index (χ0) is 21.0. The summed E-state index contributed by atoms with van der Waals surface area (Å²) in [6.07, 6.45) is 8.36. The van der Waals surface area contributed by atoms with Gasteiger partial charge in [-0.1, -0.05) is 111 Å². The second-order valence-corrected chi connectivity index (χ2v) is 6.05. The van der Waals surface area contributed by atoms with Crippen LogP contribution in [0, 0.1) is 11.8 Å². The SMILES string of the molecule is C=C(C)C(C)C(C)C.C=C/C(C(=C)C)=C(\C=C/C)CCC.CC.CC. The molecule has 0 rings (SSSR count). The first kappa shape index (κ1) is 31.5. The third-order valence-corrected chi connectivity index (χ3v) is 3.67. The van der Waals surface area contributed by atoms with Crippen LogP contribution in [0.4, 0.5) is 0 Å². The number of allylic oxidation sites excluding steroid dienone is 7. The fraction of sp³-hybridized carbons (Fsp3) is 0.600. The van der Waals surface area contributed by atoms with E-state index in [9.17, 15) is 0 Å². The Kier molecular flexibility index (Phi) is 28.6. The van der Waals surface area contributed by atoms with Crippen LogP contribution in [-0.4, -0.2) is 0 Å². The molecule has 0 aromatic rings. The molecule has 0 saturated carbocycles. The second kappa shape index (κ2) is 22.7. The molecule has 0 N–H and O–H groups in total. The molecule has 25 heavy (non-hydrogen) atoms. The normalized spacial score (nSPS) is 11.7. The van der Waals surface area contributed by atoms with Crippen molar-refractivity contribution < 1.29 is 0 Å². The summed E-state index contributed by atoms with van der Waals surface area (Å²) in [5.74, 6) is 1.42. The smallest absolute Gasteiger partial charge is 0.0207 e. The number of rotatable bonds is 7. The summed E-state index contributed by atoms with van der Waals surface area (Å²) in [6, 6.07) is 0. The van der Waals surface area contributed by atoms with Crippen molar-refractivity contribution in [2.75, 3.05) is 0 Å². The van der Waals surface area contributed by atoms with Crippen molar-refractivity contribution in [3.63, 3.8) is 0 Å². The molecule has 148 valence electrons. The van der Waals surface area contributed by atoms with Crippen molar-refractivity contribution in [2.24, 2.45) is 11.8 Å². The molecular weight excluding hydrogens is 300 g/mol. The molecular formula is C25H48. The molecule has 0 aliphatic rings. The molecule has 0 aromatic heterocycles. The molecule has 0 spiro atoms. The van der Waals surface area contributed by atoms with Gasteiger partial charge in [-0.2, -0.15) is 0 Å². The first-order valence-electron chi connectivity index (χ1n) is 10.0. The van der Waals surface area contributed by atoms with Crippen molar-refractivity contribution in [1.29, 1.82) is 0 Å². The lowest BCUT2D eigenvalue weighted by Crippen LogP contribution is -2.03. The monoisotopic (exact) mass is 348 g/mol. The lowest BCUT2D eigenvalue weighted by molar-refractivity contribution is 0.481. The molecule has 0 aliphatic heterocycles. The van der Waals surface area contributed by atoms with Gasteiger partial charge in [-0.05, 0) is 50.2 Å². The standard InChI is InChI=1S/C13H20.C8H16.2C2H6/c1-6-9-12(10-7-2)13(8-3)11(4)5;1-6(2)8(5)7(3)4;2*1-2/h6,8-9H,3-4,7,10H2,1-2,5H3;7-8H,1H2,2-5H3;2*1-2H3/b9-6-,13-12-;;;. The lowest BCUT2D eigenvalue weighted by Gasteiger charge is -2.13. The van der Waals surface area contributed by atoms with Crippen LogP contribution >= 0.6 is 0 Å². The molecule has 1 unspecified atom stereocenters. The minimum Gasteiger partial charge on any atom is -0.0999 e. The Labute approximate surface area is 161 Å². The Morgan fingerprint density at radius 1 is 0.960 bits per heavy atom. The molecule has 0 aromatic carbocycles. The summed E-state index contributed by atoms with van der Waals surface area (Å²) >= 11 is 0. The highest BCUT2D eigenvalue weighted by Crippen LogP contribution is 2.19. The third-order valence-electron chi connectivity index (χ3n) is 3.67. The van der Waals surface area contributed by atoms with Gasteiger partial charge in [-0.25, -0.2) is 0 Å². The Morgan fingerprint density at radius 2 is 1.40 bits per heavy atom. The fourth-order valence-corrected chi connectivity index (χ4v) is 1.93. The maximum Gasteiger partial charge on any atom is -0.0207 e. The average molecular weight is 349 g/mol. The summed E-state index contributed by atoms with van der Waals surface area (Å²) in [4.78, 5) is 0. The Bertz CT molecular complexity index is 388. The summed E-state index contributed by atoms with van der Waals surface area (Å²) in [5, 5.41) is 0. The Morgan fingerprint density at radius 3 is 1.56 bits per heavy atom. The largest absolute Gasteiger partial charge is 0.0999 e. The van der Waals surface area contributed by atoms with Crippen LogP contribution in [0.3, 0.4) is 0 Å². The van der Waals surface area contributed by atoms with Gasteiger partial charge < -0.3 is 0 Å². The van der Waals surface area contributed by atoms with E-state index < -0.39 is 0 Å². The average Bonchev–Trinajstić information content (AvgIpc) is 2.59. The van der Waals surface area contributed by atoms with E-state index in [0.29, 0.717) is 5.92 Å². The highest BCUT2D eigenvalue weighted by Gasteiger charge is 2.05. The quantitative estimate of drug-likeness (QED) is 0.317. The van der Waals surface area contributed by atoms with Crippen molar-refractivity contribution in [3.8, 4) is 0 Å². The predicted octanol–water partition coefficient (Wildman–Crippen LogP) is 9.33. The second-order valence-electron chi connectivity index (χ2n) is 6.05. The first-order chi connectivity index (χ1) is 11.7. The van der Waals surface area contributed by atoms with E-state index in [4.69, 9.17) is 0 Å². The van der Waals surface area contributed by atoms with Gasteiger partial charge in [0.15, 0.2) is 0 Å². The van der Waals surface area contributed by atoms with E-state index in [1.165, 1.54) is 16.7 Å². The predicted molar refractivity (Wildman–Crippen MR) is 123 cm³/mol. The van der Waals surface area contributed by atoms with Gasteiger partial charge in [0.2, 0.25) is 0 Å². The van der Waals surface area contributed by atoms with E-state index in [0.717, 1.165) is 24.3 Å². The molecule has 0 fully saturated rings. The van der Waals surface area contributed by atoms with Crippen molar-refractivity contribution in [3.05, 3.63) is 60.3 Å². The van der Waals surface area contributed by atoms with Crippen LogP contribution in [0.25, 0.3) is 0 Å². The number of hydrogen-bond donors (Lipinski definition) is 0. The van der Waals surface area contributed by atoms with Crippen molar-refractivity contribution in [2.45, 2.75) is 89.0 Å². The van der Waals surface area contributed by atoms with E-state index in [2.05, 4.69) is 66.5 Å². The maximum absolute atomic E-state index is 3.95. The van der Waals surface area contributed by atoms with Gasteiger partial charge in [0.1, 0.15) is 0 Å². The Balaban J connectivity index is -0.000000157. The van der Waals surface area contributed by atoms with E-state index in [-0.39, 0.29) is 0 Å². The van der Waals surface area contributed by atoms with Gasteiger partial charge in [0.05, 0.1) is 0 Å². The molecule has 0 saturated heterocycles. The molecule has 0 amide bonds. The van der Waals surface area contributed by atoms with Crippen LogP contribution in [0.2, 0.25) is 0 Å². The first-order valence-corrected chi connectivity index (χ1v) is 10.0. The van der Waals surface area contributed by atoms with Gasteiger partial charge in [-0.3, -0.25) is 0 Å². The summed E-state index contributed by atoms with van der Waals surface area (Å²) in [6.45, 7) is 34.6. The topological polar surface area (TPSA) is 0 Å². The molecule has 0 heteroatoms. The summed E-state index contributed by atoms with van der Waals surface area (Å²) in [7, 11) is 0. The molecule has 1 atom stereocenters. The molecule has 0 bridgehead atoms. The zero-order valence-electron chi connectivity index (χ0n) is 19.4. The van der Waals surface area contributed by atoms with Gasteiger partial charge in [-0.15, -0.1) is 0 Å². The number of hydrogen-bond acceptors (Lipinski definition) is 0. The van der Waals surface area contributed by atoms with E-state index >= 15 is 0 Å². The van der Waals surface area contributed by atoms with Crippen LogP contribution in [-0.2, 0) is 0 Å². The summed E-state index contributed by atoms with van der Waals surface area (Å²) < 4.78 is 0. The summed E-state index contributed by atoms with van der Waals surface area (Å²) in [5.41, 5.74) is 4.92. The molecule has 0 radical (unpaired) electrons. The minimum absolute atomic E-state index is 0.676. The highest BCUT2D eigenvalue weighted by molar-refractivity contribution is 5.44. The van der Waals surface area contributed by atoms with Crippen molar-refractivity contribution >= 4 is 0 Å².